The normalized spacial score (nSPS) is 12.8. The maximum absolute atomic E-state index is 5.43. The van der Waals surface area contributed by atoms with Crippen LogP contribution in [0.4, 0.5) is 0 Å². The first-order valence-corrected chi connectivity index (χ1v) is 5.35. The maximum Gasteiger partial charge on any atom is 0.126 e. The molecule has 0 aromatic rings. The molecule has 76 valence electrons. The molecule has 0 atom stereocenters. The highest BCUT2D eigenvalue weighted by Gasteiger charge is 1.89. The van der Waals surface area contributed by atoms with Crippen molar-refractivity contribution in [1.82, 2.24) is 0 Å². The molecule has 0 aromatic carbocycles. The minimum atomic E-state index is -0.478. The van der Waals surface area contributed by atoms with E-state index in [1.54, 1.807) is 24.3 Å². The molecule has 0 aliphatic heterocycles. The van der Waals surface area contributed by atoms with E-state index in [2.05, 4.69) is 0 Å². The lowest BCUT2D eigenvalue weighted by Gasteiger charge is -1.95. The van der Waals surface area contributed by atoms with E-state index < -0.39 is 9.67 Å². The zero-order valence-electron chi connectivity index (χ0n) is 6.80. The molecule has 0 N–H and O–H groups in total. The molecule has 0 bridgehead atoms. The Hall–Kier alpha value is 0.600. The first-order chi connectivity index (χ1) is 6.13. The van der Waals surface area contributed by atoms with Gasteiger partial charge in [-0.2, -0.15) is 0 Å². The number of ether oxygens (including phenoxy) is 1. The Bertz CT molecular complexity index is 148. The van der Waals surface area contributed by atoms with Gasteiger partial charge in [0.2, 0.25) is 0 Å². The molecular weight excluding hydrogens is 254 g/mol. The Kier molecular flexibility index (Phi) is 9.59. The summed E-state index contributed by atoms with van der Waals surface area (Å²) in [6.07, 6.45) is 6.77. The Morgan fingerprint density at radius 3 is 1.54 bits per heavy atom. The molecule has 0 rings (SSSR count). The van der Waals surface area contributed by atoms with Gasteiger partial charge in [-0.25, -0.2) is 0 Å². The minimum absolute atomic E-state index is 0.468. The first-order valence-electron chi connectivity index (χ1n) is 3.60. The lowest BCUT2D eigenvalue weighted by atomic mass is 10.5. The van der Waals surface area contributed by atoms with Crippen LogP contribution in [0.15, 0.2) is 24.3 Å². The summed E-state index contributed by atoms with van der Waals surface area (Å²) in [7, 11) is 0. The third-order valence-electron chi connectivity index (χ3n) is 0.991. The van der Waals surface area contributed by atoms with Crippen molar-refractivity contribution in [2.45, 2.75) is 9.67 Å². The fourth-order valence-electron chi connectivity index (χ4n) is 0.521. The van der Waals surface area contributed by atoms with E-state index in [4.69, 9.17) is 51.1 Å². The fraction of sp³-hybridized carbons (Fsp3) is 0.500. The Labute approximate surface area is 98.2 Å². The molecule has 0 amide bonds. The first kappa shape index (κ1) is 13.6. The average Bonchev–Trinajstić information content (AvgIpc) is 2.01. The lowest BCUT2D eigenvalue weighted by molar-refractivity contribution is 0.193. The molecule has 0 aromatic heterocycles. The van der Waals surface area contributed by atoms with Gasteiger partial charge in [-0.1, -0.05) is 24.3 Å². The van der Waals surface area contributed by atoms with Crippen molar-refractivity contribution in [3.8, 4) is 0 Å². The van der Waals surface area contributed by atoms with E-state index in [1.807, 2.05) is 0 Å². The minimum Gasteiger partial charge on any atom is -0.373 e. The zero-order chi connectivity index (χ0) is 10.1. The van der Waals surface area contributed by atoms with Crippen molar-refractivity contribution in [1.29, 1.82) is 0 Å². The highest BCUT2D eigenvalue weighted by atomic mass is 35.5. The molecule has 0 heterocycles. The predicted molar refractivity (Wildman–Crippen MR) is 60.1 cm³/mol. The van der Waals surface area contributed by atoms with E-state index in [0.29, 0.717) is 13.2 Å². The summed E-state index contributed by atoms with van der Waals surface area (Å²) in [6.45, 7) is 0.936. The molecule has 1 nitrogen and oxygen atoms in total. The van der Waals surface area contributed by atoms with E-state index in [-0.39, 0.29) is 0 Å². The molecule has 5 heteroatoms. The van der Waals surface area contributed by atoms with Gasteiger partial charge in [0.05, 0.1) is 13.2 Å². The van der Waals surface area contributed by atoms with Crippen LogP contribution in [0.3, 0.4) is 0 Å². The topological polar surface area (TPSA) is 9.23 Å². The van der Waals surface area contributed by atoms with Crippen molar-refractivity contribution >= 4 is 46.4 Å². The third kappa shape index (κ3) is 12.6. The fourth-order valence-corrected chi connectivity index (χ4v) is 0.932. The molecule has 0 unspecified atom stereocenters. The number of hydrogen-bond donors (Lipinski definition) is 0. The Balaban J connectivity index is 3.26. The molecule has 13 heavy (non-hydrogen) atoms. The van der Waals surface area contributed by atoms with Gasteiger partial charge in [0, 0.05) is 0 Å². The predicted octanol–water partition coefficient (Wildman–Crippen LogP) is 3.72. The summed E-state index contributed by atoms with van der Waals surface area (Å²) in [6, 6.07) is 0. The van der Waals surface area contributed by atoms with Crippen LogP contribution < -0.4 is 0 Å². The van der Waals surface area contributed by atoms with Gasteiger partial charge < -0.3 is 4.74 Å². The highest BCUT2D eigenvalue weighted by Crippen LogP contribution is 2.03. The van der Waals surface area contributed by atoms with Crippen molar-refractivity contribution in [3.63, 3.8) is 0 Å². The van der Waals surface area contributed by atoms with Crippen LogP contribution >= 0.6 is 46.4 Å². The number of alkyl halides is 4. The van der Waals surface area contributed by atoms with Gasteiger partial charge in [-0.3, -0.25) is 0 Å². The number of halogens is 4. The van der Waals surface area contributed by atoms with Crippen LogP contribution in [0, 0.1) is 0 Å². The van der Waals surface area contributed by atoms with Crippen molar-refractivity contribution in [3.05, 3.63) is 24.3 Å². The van der Waals surface area contributed by atoms with Crippen LogP contribution in [-0.2, 0) is 4.74 Å². The van der Waals surface area contributed by atoms with Crippen LogP contribution in [0.1, 0.15) is 0 Å². The van der Waals surface area contributed by atoms with E-state index in [9.17, 15) is 0 Å². The van der Waals surface area contributed by atoms with Crippen LogP contribution in [-0.4, -0.2) is 22.9 Å². The lowest BCUT2D eigenvalue weighted by Crippen LogP contribution is -1.92. The number of rotatable bonds is 6. The second-order valence-electron chi connectivity index (χ2n) is 2.06. The van der Waals surface area contributed by atoms with Crippen molar-refractivity contribution in [2.24, 2.45) is 0 Å². The molecule has 0 aliphatic rings. The second-order valence-corrected chi connectivity index (χ2v) is 4.39. The molecule has 0 spiro atoms. The molecular formula is C8H10Cl4O. The van der Waals surface area contributed by atoms with Gasteiger partial charge in [0.15, 0.2) is 0 Å². The van der Waals surface area contributed by atoms with E-state index in [1.165, 1.54) is 0 Å². The summed E-state index contributed by atoms with van der Waals surface area (Å²) < 4.78 is 5.13. The van der Waals surface area contributed by atoms with Crippen LogP contribution in [0.25, 0.3) is 0 Å². The zero-order valence-corrected chi connectivity index (χ0v) is 9.82. The summed E-state index contributed by atoms with van der Waals surface area (Å²) in [5.41, 5.74) is 0. The van der Waals surface area contributed by atoms with E-state index >= 15 is 0 Å². The summed E-state index contributed by atoms with van der Waals surface area (Å²) >= 11 is 21.7. The summed E-state index contributed by atoms with van der Waals surface area (Å²) in [5.74, 6) is 0. The molecule has 0 aliphatic carbocycles. The van der Waals surface area contributed by atoms with Crippen molar-refractivity contribution < 1.29 is 4.74 Å². The smallest absolute Gasteiger partial charge is 0.126 e. The highest BCUT2D eigenvalue weighted by molar-refractivity contribution is 6.45. The van der Waals surface area contributed by atoms with Crippen LogP contribution in [0.2, 0.25) is 0 Å². The van der Waals surface area contributed by atoms with E-state index in [0.717, 1.165) is 0 Å². The molecule has 0 saturated carbocycles. The third-order valence-corrected chi connectivity index (χ3v) is 1.57. The SMILES string of the molecule is ClC(Cl)C=CCOCC=CC(Cl)Cl. The molecule has 0 saturated heterocycles. The molecule has 0 fully saturated rings. The average molecular weight is 264 g/mol. The number of hydrogen-bond acceptors (Lipinski definition) is 1. The Morgan fingerprint density at radius 2 is 1.23 bits per heavy atom. The monoisotopic (exact) mass is 262 g/mol. The van der Waals surface area contributed by atoms with Gasteiger partial charge in [0.1, 0.15) is 9.67 Å². The van der Waals surface area contributed by atoms with Gasteiger partial charge in [-0.05, 0) is 0 Å². The summed E-state index contributed by atoms with van der Waals surface area (Å²) in [4.78, 5) is -0.955. The second kappa shape index (κ2) is 9.17. The standard InChI is InChI=1S/C8H10Cl4O/c9-7(10)3-1-5-13-6-2-4-8(11)12/h1-4,7-8H,5-6H2. The van der Waals surface area contributed by atoms with Gasteiger partial charge in [0.25, 0.3) is 0 Å². The Morgan fingerprint density at radius 1 is 0.846 bits per heavy atom. The number of allylic oxidation sites excluding steroid dienone is 2. The molecule has 0 radical (unpaired) electrons. The quantitative estimate of drug-likeness (QED) is 0.403. The maximum atomic E-state index is 5.43. The van der Waals surface area contributed by atoms with Gasteiger partial charge >= 0.3 is 0 Å². The largest absolute Gasteiger partial charge is 0.373 e. The van der Waals surface area contributed by atoms with Gasteiger partial charge in [-0.15, -0.1) is 46.4 Å². The van der Waals surface area contributed by atoms with Crippen molar-refractivity contribution in [2.75, 3.05) is 13.2 Å². The van der Waals surface area contributed by atoms with Crippen LogP contribution in [0.5, 0.6) is 0 Å². The summed E-state index contributed by atoms with van der Waals surface area (Å²) in [5, 5.41) is 0.